The lowest BCUT2D eigenvalue weighted by Crippen LogP contribution is -2.42. The third kappa shape index (κ3) is 4.27. The van der Waals surface area contributed by atoms with Crippen molar-refractivity contribution in [2.24, 2.45) is 11.5 Å². The summed E-state index contributed by atoms with van der Waals surface area (Å²) in [4.78, 5) is 39.1. The van der Waals surface area contributed by atoms with Gasteiger partial charge in [0.2, 0.25) is 5.91 Å². The summed E-state index contributed by atoms with van der Waals surface area (Å²) < 4.78 is 6.92. The fourth-order valence-electron chi connectivity index (χ4n) is 3.80. The number of fused-ring (bicyclic) bond motifs is 1. The van der Waals surface area contributed by atoms with E-state index in [-0.39, 0.29) is 28.2 Å². The van der Waals surface area contributed by atoms with Crippen molar-refractivity contribution in [1.29, 1.82) is 0 Å². The van der Waals surface area contributed by atoms with Crippen molar-refractivity contribution in [1.82, 2.24) is 4.57 Å². The van der Waals surface area contributed by atoms with Crippen LogP contribution in [-0.2, 0) is 14.3 Å². The van der Waals surface area contributed by atoms with E-state index in [1.165, 1.54) is 0 Å². The number of carbonyl (C=O) groups is 2. The molecule has 0 bridgehead atoms. The Kier molecular flexibility index (Phi) is 6.65. The summed E-state index contributed by atoms with van der Waals surface area (Å²) >= 11 is 13.0. The molecule has 0 fully saturated rings. The van der Waals surface area contributed by atoms with Crippen LogP contribution in [0, 0.1) is 0 Å². The number of hydrogen-bond acceptors (Lipinski definition) is 6. The van der Waals surface area contributed by atoms with Crippen LogP contribution >= 0.6 is 34.5 Å². The first-order valence-corrected chi connectivity index (χ1v) is 11.8. The van der Waals surface area contributed by atoms with Gasteiger partial charge < -0.3 is 16.2 Å². The molecule has 0 saturated heterocycles. The number of carbonyl (C=O) groups excluding carboxylic acids is 2. The van der Waals surface area contributed by atoms with Crippen molar-refractivity contribution in [3.63, 3.8) is 0 Å². The number of ether oxygens (including phenoxy) is 1. The molecule has 0 radical (unpaired) electrons. The summed E-state index contributed by atoms with van der Waals surface area (Å²) in [5.74, 6) is -2.58. The quantitative estimate of drug-likeness (QED) is 0.505. The van der Waals surface area contributed by atoms with Crippen molar-refractivity contribution >= 4 is 63.9 Å². The average molecular weight is 516 g/mol. The second-order valence-electron chi connectivity index (χ2n) is 7.39. The van der Waals surface area contributed by atoms with E-state index in [1.807, 2.05) is 0 Å². The van der Waals surface area contributed by atoms with Gasteiger partial charge in [-0.05, 0) is 48.4 Å². The van der Waals surface area contributed by atoms with Crippen LogP contribution in [-0.4, -0.2) is 23.1 Å². The first-order chi connectivity index (χ1) is 16.2. The molecular formula is C24H19Cl2N3O4S. The molecule has 0 aliphatic carbocycles. The molecule has 7 nitrogen and oxygen atoms in total. The molecule has 1 aromatic heterocycles. The topological polar surface area (TPSA) is 117 Å². The highest BCUT2D eigenvalue weighted by molar-refractivity contribution is 7.07. The number of halogens is 2. The SMILES string of the molecule is CCOC(=O)C1=C(N)n2c(s/c(=C\c3ccc(Cl)cc3)c2=O)=C(C(N)=O)[C@H]1c1ccc(Cl)cc1. The smallest absolute Gasteiger partial charge is 0.338 e. The molecule has 1 atom stereocenters. The minimum absolute atomic E-state index is 0.0385. The fraction of sp³-hybridized carbons (Fsp3) is 0.125. The number of hydrogen-bond donors (Lipinski definition) is 2. The summed E-state index contributed by atoms with van der Waals surface area (Å²) in [5.41, 5.74) is 13.0. The molecule has 0 unspecified atom stereocenters. The van der Waals surface area contributed by atoms with Crippen LogP contribution in [0.1, 0.15) is 24.0 Å². The van der Waals surface area contributed by atoms with Gasteiger partial charge in [0.1, 0.15) is 10.5 Å². The maximum atomic E-state index is 13.3. The van der Waals surface area contributed by atoms with Gasteiger partial charge in [-0.3, -0.25) is 14.2 Å². The minimum Gasteiger partial charge on any atom is -0.463 e. The van der Waals surface area contributed by atoms with Crippen molar-refractivity contribution in [3.8, 4) is 0 Å². The summed E-state index contributed by atoms with van der Waals surface area (Å²) in [5, 5.41) is 1.03. The fourth-order valence-corrected chi connectivity index (χ4v) is 5.23. The van der Waals surface area contributed by atoms with Crippen LogP contribution in [0.4, 0.5) is 0 Å². The van der Waals surface area contributed by atoms with E-state index in [9.17, 15) is 14.4 Å². The third-order valence-corrected chi connectivity index (χ3v) is 6.89. The number of benzene rings is 2. The van der Waals surface area contributed by atoms with Crippen LogP contribution in [0.15, 0.2) is 58.9 Å². The van der Waals surface area contributed by atoms with Gasteiger partial charge in [0.05, 0.1) is 28.2 Å². The van der Waals surface area contributed by atoms with Crippen molar-refractivity contribution in [3.05, 3.63) is 94.8 Å². The van der Waals surface area contributed by atoms with E-state index in [2.05, 4.69) is 0 Å². The Morgan fingerprint density at radius 2 is 1.65 bits per heavy atom. The summed E-state index contributed by atoms with van der Waals surface area (Å²) in [6, 6.07) is 13.5. The summed E-state index contributed by atoms with van der Waals surface area (Å²) in [6.07, 6.45) is 1.65. The number of amides is 1. The van der Waals surface area contributed by atoms with E-state index in [1.54, 1.807) is 61.5 Å². The maximum absolute atomic E-state index is 13.3. The van der Waals surface area contributed by atoms with Gasteiger partial charge in [-0.25, -0.2) is 4.79 Å². The van der Waals surface area contributed by atoms with Crippen molar-refractivity contribution in [2.45, 2.75) is 12.8 Å². The van der Waals surface area contributed by atoms with E-state index in [0.717, 1.165) is 21.5 Å². The number of nitrogens with two attached hydrogens (primary N) is 2. The first kappa shape index (κ1) is 23.8. The number of esters is 1. The molecule has 1 aliphatic heterocycles. The number of rotatable bonds is 5. The number of primary amides is 1. The zero-order chi connectivity index (χ0) is 24.6. The van der Waals surface area contributed by atoms with Crippen molar-refractivity contribution in [2.75, 3.05) is 6.61 Å². The van der Waals surface area contributed by atoms with Gasteiger partial charge in [-0.15, -0.1) is 11.3 Å². The second-order valence-corrected chi connectivity index (χ2v) is 9.29. The monoisotopic (exact) mass is 515 g/mol. The molecule has 34 heavy (non-hydrogen) atoms. The van der Waals surface area contributed by atoms with Crippen LogP contribution in [0.5, 0.6) is 0 Å². The van der Waals surface area contributed by atoms with E-state index in [0.29, 0.717) is 20.1 Å². The molecule has 3 aromatic rings. The lowest BCUT2D eigenvalue weighted by molar-refractivity contribution is -0.138. The molecule has 1 aliphatic rings. The Balaban J connectivity index is 2.08. The first-order valence-electron chi connectivity index (χ1n) is 10.2. The molecule has 4 N–H and O–H groups in total. The Bertz CT molecular complexity index is 1500. The molecule has 0 saturated carbocycles. The summed E-state index contributed by atoms with van der Waals surface area (Å²) in [6.45, 7) is 1.73. The van der Waals surface area contributed by atoms with Gasteiger partial charge in [-0.2, -0.15) is 0 Å². The van der Waals surface area contributed by atoms with Crippen LogP contribution in [0.2, 0.25) is 10.0 Å². The maximum Gasteiger partial charge on any atom is 0.338 e. The normalized spacial score (nSPS) is 15.9. The molecule has 1 amide bonds. The molecule has 2 heterocycles. The van der Waals surface area contributed by atoms with Gasteiger partial charge in [0, 0.05) is 10.0 Å². The zero-order valence-corrected chi connectivity index (χ0v) is 20.2. The zero-order valence-electron chi connectivity index (χ0n) is 17.9. The molecule has 174 valence electrons. The van der Waals surface area contributed by atoms with Gasteiger partial charge in [-0.1, -0.05) is 47.5 Å². The highest BCUT2D eigenvalue weighted by atomic mass is 35.5. The molecule has 10 heteroatoms. The van der Waals surface area contributed by atoms with Crippen molar-refractivity contribution < 1.29 is 14.3 Å². The van der Waals surface area contributed by atoms with Gasteiger partial charge in [0.15, 0.2) is 0 Å². The van der Waals surface area contributed by atoms with E-state index >= 15 is 0 Å². The Morgan fingerprint density at radius 1 is 1.06 bits per heavy atom. The van der Waals surface area contributed by atoms with E-state index in [4.69, 9.17) is 39.4 Å². The number of aromatic nitrogens is 1. The highest BCUT2D eigenvalue weighted by Gasteiger charge is 2.38. The number of nitrogens with zero attached hydrogens (tertiary/aromatic N) is 1. The lowest BCUT2D eigenvalue weighted by Gasteiger charge is -2.26. The molecule has 2 aromatic carbocycles. The third-order valence-electron chi connectivity index (χ3n) is 5.28. The molecular weight excluding hydrogens is 497 g/mol. The minimum atomic E-state index is -0.935. The second kappa shape index (κ2) is 9.50. The summed E-state index contributed by atoms with van der Waals surface area (Å²) in [7, 11) is 0. The van der Waals surface area contributed by atoms with Gasteiger partial charge >= 0.3 is 5.97 Å². The predicted octanol–water partition coefficient (Wildman–Crippen LogP) is 2.17. The molecule has 0 spiro atoms. The molecule has 4 rings (SSSR count). The van der Waals surface area contributed by atoms with Crippen LogP contribution in [0.25, 0.3) is 17.5 Å². The Hall–Kier alpha value is -3.33. The highest BCUT2D eigenvalue weighted by Crippen LogP contribution is 2.37. The number of thiazole rings is 1. The largest absolute Gasteiger partial charge is 0.463 e. The van der Waals surface area contributed by atoms with Gasteiger partial charge in [0.25, 0.3) is 5.56 Å². The van der Waals surface area contributed by atoms with Crippen LogP contribution in [0.3, 0.4) is 0 Å². The average Bonchev–Trinajstić information content (AvgIpc) is 3.11. The lowest BCUT2D eigenvalue weighted by atomic mass is 9.83. The Labute approximate surface area is 208 Å². The Morgan fingerprint density at radius 3 is 2.21 bits per heavy atom. The van der Waals surface area contributed by atoms with E-state index < -0.39 is 23.4 Å². The predicted molar refractivity (Wildman–Crippen MR) is 134 cm³/mol. The van der Waals surface area contributed by atoms with Crippen LogP contribution < -0.4 is 26.2 Å². The standard InChI is InChI=1S/C24H19Cl2N3O4S/c1-2-33-24(32)18-17(13-5-9-15(26)10-6-13)19(21(28)30)23-29(20(18)27)22(31)16(34-23)11-12-3-7-14(25)8-4-12/h3-11,17H,2,27H2,1H3,(H2,28,30)/b16-11-/t17-/m0/s1.